The molecule has 0 aliphatic carbocycles. The number of benzene rings is 2. The minimum atomic E-state index is -0.591. The van der Waals surface area contributed by atoms with E-state index in [9.17, 15) is 19.7 Å². The van der Waals surface area contributed by atoms with Crippen molar-refractivity contribution in [3.8, 4) is 0 Å². The number of hydrogen-bond donors (Lipinski definition) is 1. The van der Waals surface area contributed by atoms with Crippen LogP contribution in [0.5, 0.6) is 0 Å². The van der Waals surface area contributed by atoms with Crippen LogP contribution in [0.1, 0.15) is 5.56 Å². The van der Waals surface area contributed by atoms with Crippen LogP contribution in [-0.2, 0) is 11.3 Å². The van der Waals surface area contributed by atoms with Crippen molar-refractivity contribution < 1.29 is 9.72 Å². The minimum Gasteiger partial charge on any atom is -0.323 e. The number of aryl methyl sites for hydroxylation is 1. The first kappa shape index (κ1) is 17.6. The van der Waals surface area contributed by atoms with Crippen molar-refractivity contribution in [1.82, 2.24) is 9.55 Å². The normalized spacial score (nSPS) is 10.7. The third-order valence-electron chi connectivity index (χ3n) is 3.80. The monoisotopic (exact) mass is 372 g/mol. The summed E-state index contributed by atoms with van der Waals surface area (Å²) in [6, 6.07) is 8.94. The average molecular weight is 373 g/mol. The number of rotatable bonds is 4. The Balaban J connectivity index is 1.86. The highest BCUT2D eigenvalue weighted by Crippen LogP contribution is 2.26. The molecule has 132 valence electrons. The van der Waals surface area contributed by atoms with Crippen molar-refractivity contribution in [2.45, 2.75) is 13.5 Å². The van der Waals surface area contributed by atoms with Crippen LogP contribution in [0.3, 0.4) is 0 Å². The Morgan fingerprint density at radius 2 is 2.12 bits per heavy atom. The van der Waals surface area contributed by atoms with Crippen LogP contribution in [0.15, 0.2) is 47.5 Å². The number of hydrogen-bond acceptors (Lipinski definition) is 5. The molecule has 2 aromatic carbocycles. The topological polar surface area (TPSA) is 107 Å². The van der Waals surface area contributed by atoms with Gasteiger partial charge in [-0.05, 0) is 24.6 Å². The van der Waals surface area contributed by atoms with Gasteiger partial charge in [-0.2, -0.15) is 0 Å². The second-order valence-corrected chi connectivity index (χ2v) is 6.03. The molecule has 0 aliphatic rings. The molecule has 8 nitrogen and oxygen atoms in total. The lowest BCUT2D eigenvalue weighted by Crippen LogP contribution is -2.28. The molecule has 1 aromatic heterocycles. The molecule has 0 saturated heterocycles. The maximum atomic E-state index is 12.5. The van der Waals surface area contributed by atoms with E-state index in [1.807, 2.05) is 13.0 Å². The lowest BCUT2D eigenvalue weighted by atomic mass is 10.1. The molecule has 0 spiro atoms. The van der Waals surface area contributed by atoms with Gasteiger partial charge in [-0.3, -0.25) is 24.3 Å². The molecule has 0 aliphatic heterocycles. The van der Waals surface area contributed by atoms with E-state index in [1.54, 1.807) is 12.1 Å². The summed E-state index contributed by atoms with van der Waals surface area (Å²) in [5.41, 5.74) is 0.989. The number of carbonyl (C=O) groups is 1. The van der Waals surface area contributed by atoms with Gasteiger partial charge in [0, 0.05) is 12.1 Å². The number of carbonyl (C=O) groups excluding carboxylic acids is 1. The lowest BCUT2D eigenvalue weighted by molar-refractivity contribution is -0.384. The van der Waals surface area contributed by atoms with Crippen molar-refractivity contribution >= 4 is 39.8 Å². The Morgan fingerprint density at radius 3 is 2.85 bits per heavy atom. The van der Waals surface area contributed by atoms with Crippen LogP contribution in [-0.4, -0.2) is 20.4 Å². The quantitative estimate of drug-likeness (QED) is 0.559. The summed E-state index contributed by atoms with van der Waals surface area (Å²) in [6.45, 7) is 1.55. The standard InChI is InChI=1S/C17H13ClN4O4/c1-10-3-2-4-12-16(10)19-9-21(17(12)24)8-15(23)20-14-7-11(22(25)26)5-6-13(14)18/h2-7,9H,8H2,1H3,(H,20,23). The SMILES string of the molecule is Cc1cccc2c(=O)n(CC(=O)Nc3cc([N+](=O)[O-])ccc3Cl)cnc12. The van der Waals surface area contributed by atoms with E-state index in [0.29, 0.717) is 10.9 Å². The Hall–Kier alpha value is -3.26. The van der Waals surface area contributed by atoms with E-state index in [1.165, 1.54) is 23.0 Å². The van der Waals surface area contributed by atoms with E-state index >= 15 is 0 Å². The maximum Gasteiger partial charge on any atom is 0.271 e. The average Bonchev–Trinajstić information content (AvgIpc) is 2.59. The maximum absolute atomic E-state index is 12.5. The summed E-state index contributed by atoms with van der Waals surface area (Å²) >= 11 is 5.96. The van der Waals surface area contributed by atoms with Crippen molar-refractivity contribution in [3.05, 3.63) is 73.8 Å². The number of nitrogens with one attached hydrogen (secondary N) is 1. The Kier molecular flexibility index (Phi) is 4.68. The summed E-state index contributed by atoms with van der Waals surface area (Å²) in [4.78, 5) is 39.2. The number of fused-ring (bicyclic) bond motifs is 1. The molecule has 26 heavy (non-hydrogen) atoms. The lowest BCUT2D eigenvalue weighted by Gasteiger charge is -2.09. The van der Waals surface area contributed by atoms with Crippen molar-refractivity contribution in [3.63, 3.8) is 0 Å². The van der Waals surface area contributed by atoms with Crippen LogP contribution in [0.25, 0.3) is 10.9 Å². The molecule has 0 bridgehead atoms. The van der Waals surface area contributed by atoms with Crippen molar-refractivity contribution in [2.24, 2.45) is 0 Å². The zero-order valence-corrected chi connectivity index (χ0v) is 14.4. The molecule has 0 radical (unpaired) electrons. The first-order valence-corrected chi connectivity index (χ1v) is 7.93. The van der Waals surface area contributed by atoms with Crippen LogP contribution >= 0.6 is 11.6 Å². The summed E-state index contributed by atoms with van der Waals surface area (Å²) in [5.74, 6) is -0.552. The number of nitro benzene ring substituents is 1. The smallest absolute Gasteiger partial charge is 0.271 e. The minimum absolute atomic E-state index is 0.100. The molecule has 0 unspecified atom stereocenters. The molecular formula is C17H13ClN4O4. The second kappa shape index (κ2) is 6.93. The van der Waals surface area contributed by atoms with Gasteiger partial charge in [0.2, 0.25) is 5.91 Å². The van der Waals surface area contributed by atoms with Gasteiger partial charge in [-0.15, -0.1) is 0 Å². The van der Waals surface area contributed by atoms with E-state index < -0.39 is 10.8 Å². The molecular weight excluding hydrogens is 360 g/mol. The van der Waals surface area contributed by atoms with Gasteiger partial charge in [0.15, 0.2) is 0 Å². The second-order valence-electron chi connectivity index (χ2n) is 5.62. The highest BCUT2D eigenvalue weighted by molar-refractivity contribution is 6.33. The van der Waals surface area contributed by atoms with Crippen LogP contribution < -0.4 is 10.9 Å². The predicted molar refractivity (Wildman–Crippen MR) is 97.5 cm³/mol. The van der Waals surface area contributed by atoms with Crippen LogP contribution in [0, 0.1) is 17.0 Å². The molecule has 1 amide bonds. The number of amides is 1. The Morgan fingerprint density at radius 1 is 1.35 bits per heavy atom. The number of anilines is 1. The summed E-state index contributed by atoms with van der Waals surface area (Å²) < 4.78 is 1.17. The fraction of sp³-hybridized carbons (Fsp3) is 0.118. The van der Waals surface area contributed by atoms with Gasteiger partial charge in [0.05, 0.1) is 32.9 Å². The van der Waals surface area contributed by atoms with E-state index in [0.717, 1.165) is 11.6 Å². The molecule has 0 saturated carbocycles. The molecule has 3 aromatic rings. The van der Waals surface area contributed by atoms with Gasteiger partial charge < -0.3 is 5.32 Å². The van der Waals surface area contributed by atoms with Crippen LogP contribution in [0.4, 0.5) is 11.4 Å². The molecule has 0 fully saturated rings. The van der Waals surface area contributed by atoms with Gasteiger partial charge >= 0.3 is 0 Å². The largest absolute Gasteiger partial charge is 0.323 e. The highest BCUT2D eigenvalue weighted by atomic mass is 35.5. The van der Waals surface area contributed by atoms with Gasteiger partial charge in [0.1, 0.15) is 6.54 Å². The third-order valence-corrected chi connectivity index (χ3v) is 4.13. The number of para-hydroxylation sites is 1. The van der Waals surface area contributed by atoms with E-state index in [-0.39, 0.29) is 28.5 Å². The number of aromatic nitrogens is 2. The summed E-state index contributed by atoms with van der Waals surface area (Å²) in [7, 11) is 0. The molecule has 0 atom stereocenters. The van der Waals surface area contributed by atoms with Crippen LogP contribution in [0.2, 0.25) is 5.02 Å². The Labute approximate surface area is 152 Å². The number of nitro groups is 1. The van der Waals surface area contributed by atoms with Gasteiger partial charge in [-0.1, -0.05) is 23.7 Å². The predicted octanol–water partition coefficient (Wildman–Crippen LogP) is 2.91. The molecule has 9 heteroatoms. The van der Waals surface area contributed by atoms with E-state index in [2.05, 4.69) is 10.3 Å². The first-order valence-electron chi connectivity index (χ1n) is 7.55. The summed E-state index contributed by atoms with van der Waals surface area (Å²) in [6.07, 6.45) is 1.30. The number of nitrogens with zero attached hydrogens (tertiary/aromatic N) is 3. The van der Waals surface area contributed by atoms with Crippen molar-refractivity contribution in [1.29, 1.82) is 0 Å². The molecule has 1 N–H and O–H groups in total. The zero-order chi connectivity index (χ0) is 18.8. The number of non-ortho nitro benzene ring substituents is 1. The van der Waals surface area contributed by atoms with Crippen molar-refractivity contribution in [2.75, 3.05) is 5.32 Å². The van der Waals surface area contributed by atoms with Gasteiger partial charge in [0.25, 0.3) is 11.2 Å². The zero-order valence-electron chi connectivity index (χ0n) is 13.6. The molecule has 3 rings (SSSR count). The molecule has 1 heterocycles. The van der Waals surface area contributed by atoms with E-state index in [4.69, 9.17) is 11.6 Å². The summed E-state index contributed by atoms with van der Waals surface area (Å²) in [5, 5.41) is 13.9. The fourth-order valence-electron chi connectivity index (χ4n) is 2.52. The highest BCUT2D eigenvalue weighted by Gasteiger charge is 2.14. The first-order chi connectivity index (χ1) is 12.4. The number of halogens is 1. The Bertz CT molecular complexity index is 1090. The van der Waals surface area contributed by atoms with Gasteiger partial charge in [-0.25, -0.2) is 4.98 Å². The third kappa shape index (κ3) is 3.40. The fourth-order valence-corrected chi connectivity index (χ4v) is 2.68.